The van der Waals surface area contributed by atoms with E-state index < -0.39 is 5.97 Å². The van der Waals surface area contributed by atoms with Crippen LogP contribution in [0.15, 0.2) is 40.9 Å². The van der Waals surface area contributed by atoms with Crippen LogP contribution in [0.5, 0.6) is 0 Å². The zero-order chi connectivity index (χ0) is 11.3. The molecule has 2 nitrogen and oxygen atoms in total. The molecule has 15 heavy (non-hydrogen) atoms. The minimum absolute atomic E-state index is 0.939. The van der Waals surface area contributed by atoms with Crippen LogP contribution in [-0.2, 0) is 4.79 Å². The first-order chi connectivity index (χ1) is 7.09. The lowest BCUT2D eigenvalue weighted by Gasteiger charge is -1.99. The predicted octanol–water partition coefficient (Wildman–Crippen LogP) is 3.41. The highest BCUT2D eigenvalue weighted by Gasteiger charge is 1.93. The predicted molar refractivity (Wildman–Crippen MR) is 64.7 cm³/mol. The van der Waals surface area contributed by atoms with E-state index in [-0.39, 0.29) is 0 Å². The largest absolute Gasteiger partial charge is 0.478 e. The smallest absolute Gasteiger partial charge is 0.328 e. The molecule has 1 aromatic carbocycles. The Balaban J connectivity index is 2.80. The topological polar surface area (TPSA) is 37.3 Å². The third-order valence-electron chi connectivity index (χ3n) is 1.87. The first kappa shape index (κ1) is 11.7. The quantitative estimate of drug-likeness (QED) is 0.673. The number of rotatable bonds is 3. The van der Waals surface area contributed by atoms with E-state index in [9.17, 15) is 4.79 Å². The van der Waals surface area contributed by atoms with Gasteiger partial charge in [-0.1, -0.05) is 40.2 Å². The van der Waals surface area contributed by atoms with Gasteiger partial charge in [0, 0.05) is 10.5 Å². The number of carbonyl (C=O) groups is 1. The van der Waals surface area contributed by atoms with Crippen LogP contribution in [0.2, 0.25) is 0 Å². The maximum atomic E-state index is 10.2. The van der Waals surface area contributed by atoms with E-state index in [0.717, 1.165) is 21.7 Å². The molecule has 78 valence electrons. The summed E-state index contributed by atoms with van der Waals surface area (Å²) in [5.41, 5.74) is 2.22. The SMILES string of the molecule is Cc1ccc(Br)cc1/C=C/C=C/C(=O)O. The van der Waals surface area contributed by atoms with E-state index in [1.54, 1.807) is 6.08 Å². The van der Waals surface area contributed by atoms with Crippen molar-refractivity contribution in [3.8, 4) is 0 Å². The summed E-state index contributed by atoms with van der Waals surface area (Å²) in [5, 5.41) is 8.38. The lowest BCUT2D eigenvalue weighted by Crippen LogP contribution is -1.84. The normalized spacial score (nSPS) is 11.3. The summed E-state index contributed by atoms with van der Waals surface area (Å²) in [7, 11) is 0. The van der Waals surface area contributed by atoms with Gasteiger partial charge in [0.25, 0.3) is 0 Å². The maximum absolute atomic E-state index is 10.2. The lowest BCUT2D eigenvalue weighted by atomic mass is 10.1. The second-order valence-corrected chi connectivity index (χ2v) is 3.97. The molecule has 0 amide bonds. The lowest BCUT2D eigenvalue weighted by molar-refractivity contribution is -0.131. The van der Waals surface area contributed by atoms with Crippen LogP contribution in [-0.4, -0.2) is 11.1 Å². The summed E-state index contributed by atoms with van der Waals surface area (Å²) in [5.74, 6) is -0.939. The third-order valence-corrected chi connectivity index (χ3v) is 2.36. The highest BCUT2D eigenvalue weighted by atomic mass is 79.9. The van der Waals surface area contributed by atoms with Crippen molar-refractivity contribution in [2.75, 3.05) is 0 Å². The molecule has 0 saturated carbocycles. The molecule has 0 aromatic heterocycles. The minimum atomic E-state index is -0.939. The van der Waals surface area contributed by atoms with Gasteiger partial charge in [0.1, 0.15) is 0 Å². The van der Waals surface area contributed by atoms with Crippen molar-refractivity contribution in [1.29, 1.82) is 0 Å². The fraction of sp³-hybridized carbons (Fsp3) is 0.0833. The molecule has 1 aromatic rings. The Bertz CT molecular complexity index is 420. The fourth-order valence-electron chi connectivity index (χ4n) is 1.09. The van der Waals surface area contributed by atoms with Gasteiger partial charge in [0.05, 0.1) is 0 Å². The van der Waals surface area contributed by atoms with Gasteiger partial charge in [-0.05, 0) is 30.2 Å². The van der Waals surface area contributed by atoms with E-state index in [0.29, 0.717) is 0 Å². The summed E-state index contributed by atoms with van der Waals surface area (Å²) in [6.45, 7) is 2.01. The van der Waals surface area contributed by atoms with Crippen LogP contribution in [0.25, 0.3) is 6.08 Å². The number of benzene rings is 1. The van der Waals surface area contributed by atoms with Crippen LogP contribution in [0, 0.1) is 6.92 Å². The van der Waals surface area contributed by atoms with E-state index in [4.69, 9.17) is 5.11 Å². The van der Waals surface area contributed by atoms with E-state index >= 15 is 0 Å². The van der Waals surface area contributed by atoms with E-state index in [2.05, 4.69) is 15.9 Å². The Labute approximate surface area is 97.1 Å². The van der Waals surface area contributed by atoms with Crippen LogP contribution in [0.3, 0.4) is 0 Å². The average Bonchev–Trinajstić information content (AvgIpc) is 2.17. The molecule has 0 spiro atoms. The number of carboxylic acid groups (broad SMARTS) is 1. The molecule has 0 heterocycles. The highest BCUT2D eigenvalue weighted by Crippen LogP contribution is 2.17. The summed E-state index contributed by atoms with van der Waals surface area (Å²) in [4.78, 5) is 10.2. The Morgan fingerprint density at radius 3 is 2.80 bits per heavy atom. The number of hydrogen-bond donors (Lipinski definition) is 1. The van der Waals surface area contributed by atoms with Gasteiger partial charge in [0.15, 0.2) is 0 Å². The van der Waals surface area contributed by atoms with Gasteiger partial charge in [0.2, 0.25) is 0 Å². The zero-order valence-electron chi connectivity index (χ0n) is 8.27. The van der Waals surface area contributed by atoms with Crippen molar-refractivity contribution in [3.63, 3.8) is 0 Å². The summed E-state index contributed by atoms with van der Waals surface area (Å²) < 4.78 is 1.01. The van der Waals surface area contributed by atoms with Gasteiger partial charge in [-0.2, -0.15) is 0 Å². The maximum Gasteiger partial charge on any atom is 0.328 e. The van der Waals surface area contributed by atoms with Crippen molar-refractivity contribution >= 4 is 28.0 Å². The summed E-state index contributed by atoms with van der Waals surface area (Å²) in [6.07, 6.45) is 6.19. The molecule has 3 heteroatoms. The number of aliphatic carboxylic acids is 1. The van der Waals surface area contributed by atoms with E-state index in [1.165, 1.54) is 6.08 Å². The van der Waals surface area contributed by atoms with Crippen molar-refractivity contribution in [1.82, 2.24) is 0 Å². The molecule has 0 radical (unpaired) electrons. The first-order valence-corrected chi connectivity index (χ1v) is 5.23. The highest BCUT2D eigenvalue weighted by molar-refractivity contribution is 9.10. The van der Waals surface area contributed by atoms with Crippen LogP contribution >= 0.6 is 15.9 Å². The standard InChI is InChI=1S/C12H11BrO2/c1-9-6-7-11(13)8-10(9)4-2-3-5-12(14)15/h2-8H,1H3,(H,14,15)/b4-2+,5-3+. The van der Waals surface area contributed by atoms with Gasteiger partial charge in [-0.25, -0.2) is 4.79 Å². The monoisotopic (exact) mass is 266 g/mol. The molecule has 0 atom stereocenters. The number of aryl methyl sites for hydroxylation is 1. The molecular weight excluding hydrogens is 256 g/mol. The molecule has 0 fully saturated rings. The number of allylic oxidation sites excluding steroid dienone is 2. The minimum Gasteiger partial charge on any atom is -0.478 e. The molecule has 0 bridgehead atoms. The molecule has 0 unspecified atom stereocenters. The third kappa shape index (κ3) is 4.13. The Hall–Kier alpha value is -1.35. The molecule has 0 aliphatic carbocycles. The number of halogens is 1. The van der Waals surface area contributed by atoms with Gasteiger partial charge < -0.3 is 5.11 Å². The molecular formula is C12H11BrO2. The second-order valence-electron chi connectivity index (χ2n) is 3.06. The van der Waals surface area contributed by atoms with Gasteiger partial charge in [-0.3, -0.25) is 0 Å². The van der Waals surface area contributed by atoms with Crippen LogP contribution < -0.4 is 0 Å². The second kappa shape index (κ2) is 5.51. The first-order valence-electron chi connectivity index (χ1n) is 4.43. The molecule has 0 aliphatic rings. The van der Waals surface area contributed by atoms with Gasteiger partial charge in [-0.15, -0.1) is 0 Å². The Kier molecular flexibility index (Phi) is 4.31. The van der Waals surface area contributed by atoms with E-state index in [1.807, 2.05) is 31.2 Å². The van der Waals surface area contributed by atoms with Crippen molar-refractivity contribution < 1.29 is 9.90 Å². The number of hydrogen-bond acceptors (Lipinski definition) is 1. The van der Waals surface area contributed by atoms with Crippen LogP contribution in [0.1, 0.15) is 11.1 Å². The van der Waals surface area contributed by atoms with Crippen LogP contribution in [0.4, 0.5) is 0 Å². The van der Waals surface area contributed by atoms with Crippen molar-refractivity contribution in [2.45, 2.75) is 6.92 Å². The van der Waals surface area contributed by atoms with Crippen molar-refractivity contribution in [3.05, 3.63) is 52.0 Å². The molecule has 1 rings (SSSR count). The van der Waals surface area contributed by atoms with Gasteiger partial charge >= 0.3 is 5.97 Å². The zero-order valence-corrected chi connectivity index (χ0v) is 9.86. The van der Waals surface area contributed by atoms with Crippen molar-refractivity contribution in [2.24, 2.45) is 0 Å². The molecule has 0 saturated heterocycles. The number of carboxylic acids is 1. The Morgan fingerprint density at radius 1 is 1.40 bits per heavy atom. The molecule has 0 aliphatic heterocycles. The average molecular weight is 267 g/mol. The Morgan fingerprint density at radius 2 is 2.13 bits per heavy atom. The molecule has 1 N–H and O–H groups in total. The fourth-order valence-corrected chi connectivity index (χ4v) is 1.47. The summed E-state index contributed by atoms with van der Waals surface area (Å²) >= 11 is 3.38. The summed E-state index contributed by atoms with van der Waals surface area (Å²) in [6, 6.07) is 5.96.